The Labute approximate surface area is 233 Å². The normalized spacial score (nSPS) is 16.7. The van der Waals surface area contributed by atoms with E-state index < -0.39 is 16.1 Å². The molecule has 0 unspecified atom stereocenters. The Hall–Kier alpha value is -0.756. The van der Waals surface area contributed by atoms with Crippen LogP contribution < -0.4 is 0 Å². The maximum Gasteiger partial charge on any atom is 0.140 e. The molecule has 1 fully saturated rings. The summed E-state index contributed by atoms with van der Waals surface area (Å²) >= 11 is 4.46. The Morgan fingerprint density at radius 2 is 1.28 bits per heavy atom. The van der Waals surface area contributed by atoms with Gasteiger partial charge < -0.3 is 4.79 Å². The first-order chi connectivity index (χ1) is 16.4. The van der Waals surface area contributed by atoms with Crippen molar-refractivity contribution in [3.05, 3.63) is 70.8 Å². The molecule has 1 saturated heterocycles. The molecule has 0 atom stereocenters. The molecule has 1 heterocycles. The highest BCUT2D eigenvalue weighted by Gasteiger charge is 2.55. The van der Waals surface area contributed by atoms with E-state index in [2.05, 4.69) is 122 Å². The van der Waals surface area contributed by atoms with E-state index in [9.17, 15) is 4.79 Å². The predicted octanol–water partition coefficient (Wildman–Crippen LogP) is 10.3. The van der Waals surface area contributed by atoms with Crippen molar-refractivity contribution in [3.8, 4) is 0 Å². The molecule has 0 aromatic heterocycles. The average molecular weight is 559 g/mol. The monoisotopic (exact) mass is 558 g/mol. The smallest absolute Gasteiger partial charge is 0.140 e. The lowest BCUT2D eigenvalue weighted by Gasteiger charge is -2.53. The summed E-state index contributed by atoms with van der Waals surface area (Å²) in [4.78, 5) is 12.5. The van der Waals surface area contributed by atoms with Crippen LogP contribution in [-0.2, 0) is 3.70 Å². The number of rotatable bonds is 4. The van der Waals surface area contributed by atoms with Crippen molar-refractivity contribution < 1.29 is 4.79 Å². The molecule has 0 saturated carbocycles. The van der Waals surface area contributed by atoms with Crippen LogP contribution in [-0.4, -0.2) is 33.1 Å². The Bertz CT molecular complexity index is 1040. The third-order valence-electron chi connectivity index (χ3n) is 8.72. The summed E-state index contributed by atoms with van der Waals surface area (Å²) in [5, 5.41) is 0.880. The molecule has 0 aliphatic carbocycles. The highest BCUT2D eigenvalue weighted by Crippen LogP contribution is 2.61. The summed E-state index contributed by atoms with van der Waals surface area (Å²) < 4.78 is 0.315. The maximum absolute atomic E-state index is 12.5. The second kappa shape index (κ2) is 11.5. The Kier molecular flexibility index (Phi) is 10.1. The van der Waals surface area contributed by atoms with Gasteiger partial charge in [-0.15, -0.1) is 23.5 Å². The number of carbonyl (C=O) groups excluding carboxylic acids is 1. The molecule has 36 heavy (non-hydrogen) atoms. The quantitative estimate of drug-likeness (QED) is 0.347. The minimum atomic E-state index is -1.91. The van der Waals surface area contributed by atoms with Gasteiger partial charge in [0.05, 0.1) is 11.8 Å². The van der Waals surface area contributed by atoms with Crippen molar-refractivity contribution >= 4 is 45.1 Å². The van der Waals surface area contributed by atoms with E-state index in [0.29, 0.717) is 14.1 Å². The van der Waals surface area contributed by atoms with Crippen LogP contribution in [0.3, 0.4) is 0 Å². The fourth-order valence-electron chi connectivity index (χ4n) is 4.25. The number of hydrogen-bond acceptors (Lipinski definition) is 3. The molecule has 0 amide bonds. The van der Waals surface area contributed by atoms with Crippen LogP contribution >= 0.6 is 23.5 Å². The van der Waals surface area contributed by atoms with E-state index in [0.717, 1.165) is 11.1 Å². The molecule has 0 N–H and O–H groups in total. The first-order valence-corrected chi connectivity index (χ1v) is 21.3. The molecule has 5 heteroatoms. The van der Waals surface area contributed by atoms with E-state index in [4.69, 9.17) is 0 Å². The Morgan fingerprint density at radius 3 is 1.72 bits per heavy atom. The van der Waals surface area contributed by atoms with Crippen LogP contribution in [0.4, 0.5) is 0 Å². The van der Waals surface area contributed by atoms with E-state index >= 15 is 0 Å². The van der Waals surface area contributed by atoms with Gasteiger partial charge in [0.2, 0.25) is 0 Å². The fraction of sp³-hybridized carbons (Fsp3) is 0.581. The summed E-state index contributed by atoms with van der Waals surface area (Å²) in [6.07, 6.45) is 1.36. The van der Waals surface area contributed by atoms with Gasteiger partial charge in [0.15, 0.2) is 0 Å². The first kappa shape index (κ1) is 31.5. The third-order valence-corrected chi connectivity index (χ3v) is 26.5. The van der Waals surface area contributed by atoms with E-state index in [1.54, 1.807) is 5.56 Å². The zero-order valence-corrected chi connectivity index (χ0v) is 28.6. The summed E-state index contributed by atoms with van der Waals surface area (Å²) in [5.74, 6) is 2.63. The van der Waals surface area contributed by atoms with Crippen molar-refractivity contribution in [1.82, 2.24) is 0 Å². The zero-order valence-electron chi connectivity index (χ0n) is 25.0. The van der Waals surface area contributed by atoms with Gasteiger partial charge in [0, 0.05) is 5.56 Å². The van der Waals surface area contributed by atoms with Gasteiger partial charge in [-0.05, 0) is 53.5 Å². The summed E-state index contributed by atoms with van der Waals surface area (Å²) in [5.41, 5.74) is 5.00. The van der Waals surface area contributed by atoms with Crippen LogP contribution in [0.5, 0.6) is 0 Å². The van der Waals surface area contributed by atoms with Gasteiger partial charge >= 0.3 is 0 Å². The van der Waals surface area contributed by atoms with Gasteiger partial charge in [-0.1, -0.05) is 121 Å². The minimum absolute atomic E-state index is 0.105. The van der Waals surface area contributed by atoms with E-state index in [1.807, 2.05) is 31.2 Å². The average Bonchev–Trinajstić information content (AvgIpc) is 2.78. The topological polar surface area (TPSA) is 17.1 Å². The highest BCUT2D eigenvalue weighted by atomic mass is 32.2. The largest absolute Gasteiger partial charge is 0.300 e. The molecule has 0 bridgehead atoms. The van der Waals surface area contributed by atoms with Crippen LogP contribution in [0.2, 0.25) is 36.3 Å². The van der Waals surface area contributed by atoms with Crippen molar-refractivity contribution in [2.24, 2.45) is 0 Å². The summed E-state index contributed by atoms with van der Waals surface area (Å²) in [6.45, 7) is 27.7. The van der Waals surface area contributed by atoms with Gasteiger partial charge in [0.25, 0.3) is 0 Å². The standard InChI is InChI=1S/C17H28S2Si.C14H22OSi/c1-14-9-7-10-15(13-14)17(18-11-8-12-19-17)20(5,6)16(2,3)4;1-11-8-7-9-12(10-11)13(15)16(5,6)14(2,3)4/h7,9-10,13H,8,11-12H2,1-6H3;7-10H,1-6H3. The van der Waals surface area contributed by atoms with Gasteiger partial charge in [-0.3, -0.25) is 0 Å². The van der Waals surface area contributed by atoms with Crippen LogP contribution in [0.25, 0.3) is 0 Å². The molecule has 1 aliphatic heterocycles. The van der Waals surface area contributed by atoms with Crippen LogP contribution in [0.15, 0.2) is 48.5 Å². The van der Waals surface area contributed by atoms with Crippen molar-refractivity contribution in [2.45, 2.75) is 102 Å². The lowest BCUT2D eigenvalue weighted by atomic mass is 10.1. The summed E-state index contributed by atoms with van der Waals surface area (Å²) in [6, 6.07) is 17.2. The van der Waals surface area contributed by atoms with Crippen LogP contribution in [0, 0.1) is 13.8 Å². The molecule has 1 nitrogen and oxygen atoms in total. The molecule has 3 rings (SSSR count). The van der Waals surface area contributed by atoms with Crippen molar-refractivity contribution in [2.75, 3.05) is 11.5 Å². The zero-order chi connectivity index (χ0) is 27.6. The molecule has 2 aromatic rings. The fourth-order valence-corrected chi connectivity index (χ4v) is 15.8. The maximum atomic E-state index is 12.5. The molecule has 200 valence electrons. The Morgan fingerprint density at radius 1 is 0.778 bits per heavy atom. The third kappa shape index (κ3) is 6.62. The lowest BCUT2D eigenvalue weighted by Crippen LogP contribution is -2.54. The molecule has 2 aromatic carbocycles. The highest BCUT2D eigenvalue weighted by molar-refractivity contribution is 8.20. The van der Waals surface area contributed by atoms with E-state index in [-0.39, 0.29) is 5.04 Å². The molecular weight excluding hydrogens is 509 g/mol. The first-order valence-electron chi connectivity index (χ1n) is 13.3. The van der Waals surface area contributed by atoms with E-state index in [1.165, 1.54) is 23.5 Å². The number of thioether (sulfide) groups is 2. The molecule has 1 aliphatic rings. The van der Waals surface area contributed by atoms with Crippen molar-refractivity contribution in [3.63, 3.8) is 0 Å². The number of carbonyl (C=O) groups is 1. The van der Waals surface area contributed by atoms with Crippen molar-refractivity contribution in [1.29, 1.82) is 0 Å². The number of benzene rings is 2. The van der Waals surface area contributed by atoms with Crippen LogP contribution in [0.1, 0.15) is 75.0 Å². The summed E-state index contributed by atoms with van der Waals surface area (Å²) in [7, 11) is -3.40. The second-order valence-corrected chi connectivity index (χ2v) is 27.8. The Balaban J connectivity index is 0.000000261. The minimum Gasteiger partial charge on any atom is -0.300 e. The van der Waals surface area contributed by atoms with Gasteiger partial charge in [-0.25, -0.2) is 0 Å². The van der Waals surface area contributed by atoms with Gasteiger partial charge in [-0.2, -0.15) is 0 Å². The number of aryl methyl sites for hydroxylation is 2. The molecule has 0 radical (unpaired) electrons. The predicted molar refractivity (Wildman–Crippen MR) is 172 cm³/mol. The number of hydrogen-bond donors (Lipinski definition) is 0. The SMILES string of the molecule is Cc1cccc(C(=O)[Si](C)(C)C(C)(C)C)c1.Cc1cccc(C2([Si](C)(C)C(C)(C)C)SCCCS2)c1. The molecular formula is C31H50OS2Si2. The lowest BCUT2D eigenvalue weighted by molar-refractivity contribution is 0.106. The molecule has 0 spiro atoms. The van der Waals surface area contributed by atoms with Gasteiger partial charge in [0.1, 0.15) is 13.5 Å². The second-order valence-electron chi connectivity index (χ2n) is 13.5.